The molecule has 0 bridgehead atoms. The molecule has 0 spiro atoms. The van der Waals surface area contributed by atoms with Crippen LogP contribution < -0.4 is 4.74 Å². The molecule has 0 aliphatic heterocycles. The molecule has 134 valence electrons. The van der Waals surface area contributed by atoms with Crippen LogP contribution in [-0.2, 0) is 6.42 Å². The normalized spacial score (nSPS) is 10.9. The topological polar surface area (TPSA) is 76.7 Å². The first-order chi connectivity index (χ1) is 13.2. The number of aromatic carboxylic acids is 1. The molecule has 27 heavy (non-hydrogen) atoms. The van der Waals surface area contributed by atoms with Gasteiger partial charge in [-0.05, 0) is 18.2 Å². The number of aromatic nitrogens is 3. The summed E-state index contributed by atoms with van der Waals surface area (Å²) in [5.74, 6) is -0.412. The van der Waals surface area contributed by atoms with E-state index in [0.29, 0.717) is 18.0 Å². The molecule has 0 saturated carbocycles. The molecule has 1 N–H and O–H groups in total. The smallest absolute Gasteiger partial charge is 0.354 e. The summed E-state index contributed by atoms with van der Waals surface area (Å²) in [6.07, 6.45) is 0.460. The zero-order valence-electron chi connectivity index (χ0n) is 14.7. The molecule has 0 amide bonds. The first-order valence-electron chi connectivity index (χ1n) is 8.46. The van der Waals surface area contributed by atoms with E-state index in [1.807, 2.05) is 54.6 Å². The van der Waals surface area contributed by atoms with E-state index in [9.17, 15) is 9.90 Å². The molecule has 1 aromatic carbocycles. The molecule has 0 atom stereocenters. The van der Waals surface area contributed by atoms with Crippen molar-refractivity contribution in [1.29, 1.82) is 0 Å². The molecule has 0 aliphatic carbocycles. The van der Waals surface area contributed by atoms with Crippen molar-refractivity contribution in [3.05, 3.63) is 83.7 Å². The lowest BCUT2D eigenvalue weighted by molar-refractivity contribution is 0.0690. The second-order valence-electron chi connectivity index (χ2n) is 6.05. The Morgan fingerprint density at radius 2 is 1.81 bits per heavy atom. The molecule has 4 rings (SSSR count). The van der Waals surface area contributed by atoms with Gasteiger partial charge in [-0.15, -0.1) is 0 Å². The third-order valence-corrected chi connectivity index (χ3v) is 4.37. The standard InChI is InChI=1S/C21H17N3O3/c1-27-19-12-6-11-18-16(13-15-9-5-10-17(22-15)21(25)26)20(23-24(18)19)14-7-3-2-4-8-14/h2-12H,13H2,1H3,(H,25,26). The Labute approximate surface area is 155 Å². The van der Waals surface area contributed by atoms with Gasteiger partial charge < -0.3 is 9.84 Å². The number of hydrogen-bond donors (Lipinski definition) is 1. The number of ether oxygens (including phenoxy) is 1. The van der Waals surface area contributed by atoms with E-state index >= 15 is 0 Å². The van der Waals surface area contributed by atoms with E-state index in [1.54, 1.807) is 17.7 Å². The van der Waals surface area contributed by atoms with Crippen molar-refractivity contribution in [3.63, 3.8) is 0 Å². The summed E-state index contributed by atoms with van der Waals surface area (Å²) in [6.45, 7) is 0. The highest BCUT2D eigenvalue weighted by Crippen LogP contribution is 2.30. The van der Waals surface area contributed by atoms with Gasteiger partial charge in [0, 0.05) is 29.3 Å². The van der Waals surface area contributed by atoms with Crippen LogP contribution in [0.1, 0.15) is 21.7 Å². The lowest BCUT2D eigenvalue weighted by Crippen LogP contribution is -2.03. The number of fused-ring (bicyclic) bond motifs is 1. The van der Waals surface area contributed by atoms with Crippen LogP contribution in [0.3, 0.4) is 0 Å². The Balaban J connectivity index is 1.90. The molecule has 6 nitrogen and oxygen atoms in total. The molecular weight excluding hydrogens is 342 g/mol. The van der Waals surface area contributed by atoms with Crippen LogP contribution >= 0.6 is 0 Å². The fraction of sp³-hybridized carbons (Fsp3) is 0.0952. The third-order valence-electron chi connectivity index (χ3n) is 4.37. The lowest BCUT2D eigenvalue weighted by atomic mass is 10.0. The number of benzene rings is 1. The van der Waals surface area contributed by atoms with Gasteiger partial charge in [0.1, 0.15) is 5.69 Å². The van der Waals surface area contributed by atoms with Crippen LogP contribution in [0.25, 0.3) is 16.8 Å². The summed E-state index contributed by atoms with van der Waals surface area (Å²) in [6, 6.07) is 20.6. The molecule has 6 heteroatoms. The number of hydrogen-bond acceptors (Lipinski definition) is 4. The van der Waals surface area contributed by atoms with Gasteiger partial charge in [0.2, 0.25) is 5.88 Å². The van der Waals surface area contributed by atoms with E-state index in [1.165, 1.54) is 6.07 Å². The summed E-state index contributed by atoms with van der Waals surface area (Å²) in [7, 11) is 1.61. The van der Waals surface area contributed by atoms with Crippen molar-refractivity contribution in [2.45, 2.75) is 6.42 Å². The molecule has 4 aromatic rings. The zero-order valence-corrected chi connectivity index (χ0v) is 14.7. The van der Waals surface area contributed by atoms with Crippen molar-refractivity contribution in [2.75, 3.05) is 7.11 Å². The van der Waals surface area contributed by atoms with Gasteiger partial charge in [0.25, 0.3) is 0 Å². The minimum Gasteiger partial charge on any atom is -0.481 e. The third kappa shape index (κ3) is 3.13. The van der Waals surface area contributed by atoms with E-state index in [2.05, 4.69) is 4.98 Å². The van der Waals surface area contributed by atoms with Crippen LogP contribution in [0.4, 0.5) is 0 Å². The largest absolute Gasteiger partial charge is 0.481 e. The minimum absolute atomic E-state index is 0.0304. The number of carbonyl (C=O) groups is 1. The van der Waals surface area contributed by atoms with E-state index in [0.717, 1.165) is 22.3 Å². The van der Waals surface area contributed by atoms with Crippen molar-refractivity contribution in [2.24, 2.45) is 0 Å². The van der Waals surface area contributed by atoms with Crippen LogP contribution in [-0.4, -0.2) is 32.8 Å². The van der Waals surface area contributed by atoms with Crippen molar-refractivity contribution >= 4 is 11.5 Å². The zero-order chi connectivity index (χ0) is 18.8. The fourth-order valence-electron chi connectivity index (χ4n) is 3.13. The van der Waals surface area contributed by atoms with Crippen molar-refractivity contribution < 1.29 is 14.6 Å². The van der Waals surface area contributed by atoms with Crippen LogP contribution in [0.5, 0.6) is 5.88 Å². The first-order valence-corrected chi connectivity index (χ1v) is 8.46. The summed E-state index contributed by atoms with van der Waals surface area (Å²) < 4.78 is 7.20. The second kappa shape index (κ2) is 6.92. The number of carboxylic acids is 1. The molecular formula is C21H17N3O3. The number of methoxy groups -OCH3 is 1. The maximum absolute atomic E-state index is 11.2. The minimum atomic E-state index is -1.04. The number of rotatable bonds is 5. The predicted molar refractivity (Wildman–Crippen MR) is 101 cm³/mol. The van der Waals surface area contributed by atoms with Gasteiger partial charge in [-0.2, -0.15) is 5.10 Å². The molecule has 0 unspecified atom stereocenters. The van der Waals surface area contributed by atoms with Crippen LogP contribution in [0.15, 0.2) is 66.7 Å². The summed E-state index contributed by atoms with van der Waals surface area (Å²) in [4.78, 5) is 15.5. The first kappa shape index (κ1) is 16.8. The molecule has 3 aromatic heterocycles. The Morgan fingerprint density at radius 3 is 2.56 bits per heavy atom. The Bertz CT molecular complexity index is 1120. The number of pyridine rings is 2. The highest BCUT2D eigenvalue weighted by Gasteiger charge is 2.18. The van der Waals surface area contributed by atoms with Crippen LogP contribution in [0.2, 0.25) is 0 Å². The average Bonchev–Trinajstić information content (AvgIpc) is 3.07. The molecule has 0 radical (unpaired) electrons. The maximum atomic E-state index is 11.2. The lowest BCUT2D eigenvalue weighted by Gasteiger charge is -2.05. The van der Waals surface area contributed by atoms with Crippen molar-refractivity contribution in [3.8, 4) is 17.1 Å². The second-order valence-corrected chi connectivity index (χ2v) is 6.05. The number of carboxylic acid groups (broad SMARTS) is 1. The molecule has 0 saturated heterocycles. The van der Waals surface area contributed by atoms with Gasteiger partial charge in [0.05, 0.1) is 18.3 Å². The monoisotopic (exact) mass is 359 g/mol. The molecule has 0 fully saturated rings. The summed E-state index contributed by atoms with van der Waals surface area (Å²) in [5.41, 5.74) is 4.37. The van der Waals surface area contributed by atoms with E-state index in [-0.39, 0.29) is 5.69 Å². The van der Waals surface area contributed by atoms with E-state index in [4.69, 9.17) is 9.84 Å². The van der Waals surface area contributed by atoms with Crippen LogP contribution in [0, 0.1) is 0 Å². The van der Waals surface area contributed by atoms with Gasteiger partial charge in [-0.1, -0.05) is 42.5 Å². The quantitative estimate of drug-likeness (QED) is 0.588. The Kier molecular flexibility index (Phi) is 4.30. The SMILES string of the molecule is COc1cccc2c(Cc3cccc(C(=O)O)n3)c(-c3ccccc3)nn12. The average molecular weight is 359 g/mol. The van der Waals surface area contributed by atoms with Gasteiger partial charge in [-0.3, -0.25) is 0 Å². The fourth-order valence-corrected chi connectivity index (χ4v) is 3.13. The highest BCUT2D eigenvalue weighted by molar-refractivity contribution is 5.85. The van der Waals surface area contributed by atoms with Gasteiger partial charge in [0.15, 0.2) is 0 Å². The number of nitrogens with zero attached hydrogens (tertiary/aromatic N) is 3. The van der Waals surface area contributed by atoms with E-state index < -0.39 is 5.97 Å². The highest BCUT2D eigenvalue weighted by atomic mass is 16.5. The maximum Gasteiger partial charge on any atom is 0.354 e. The summed E-state index contributed by atoms with van der Waals surface area (Å²) >= 11 is 0. The predicted octanol–water partition coefficient (Wildman–Crippen LogP) is 3.69. The van der Waals surface area contributed by atoms with Crippen molar-refractivity contribution in [1.82, 2.24) is 14.6 Å². The Morgan fingerprint density at radius 1 is 1.04 bits per heavy atom. The molecule has 0 aliphatic rings. The van der Waals surface area contributed by atoms with Gasteiger partial charge in [-0.25, -0.2) is 14.3 Å². The summed E-state index contributed by atoms with van der Waals surface area (Å²) in [5, 5.41) is 14.0. The molecule has 3 heterocycles. The van der Waals surface area contributed by atoms with Gasteiger partial charge >= 0.3 is 5.97 Å². The Hall–Kier alpha value is -3.67.